The van der Waals surface area contributed by atoms with Crippen molar-refractivity contribution in [2.75, 3.05) is 26.1 Å². The molecule has 2 amide bonds. The summed E-state index contributed by atoms with van der Waals surface area (Å²) < 4.78 is 24.8. The Morgan fingerprint density at radius 1 is 1.02 bits per heavy atom. The summed E-state index contributed by atoms with van der Waals surface area (Å²) >= 11 is 0. The maximum atomic E-state index is 14.8. The number of carbonyl (C=O) groups is 4. The molecule has 16 heteroatoms. The molecule has 5 atom stereocenters. The smallest absolute Gasteiger partial charge is 0.338 e. The number of aliphatic carboxylic acids is 1. The second kappa shape index (κ2) is 15.4. The Labute approximate surface area is 330 Å². The standard InChI is InChI=1S/C41H49N7O9/c1-10-24-20-41(24,37(52)53)46-33(49)29-17-26(56-34-27-18-30(54-8)31(55-9)19-28(27)44-38(45-34)47-16-15-42-22-47)21-48(29)35(50)32(39(2,3)4)43-25-13-11-23(12-14-25)36(51)57-40(5,6)7/h10-16,18-19,22,24,26,29,32,43H,1,17,20-21H2,2-9H3,(H,46,49)(H,52,53)/t24-,26+,29-,32+,41?/m0/s1. The minimum absolute atomic E-state index is 0.0205. The molecule has 302 valence electrons. The number of esters is 1. The average molecular weight is 784 g/mol. The molecule has 3 N–H and O–H groups in total. The molecular weight excluding hydrogens is 734 g/mol. The van der Waals surface area contributed by atoms with E-state index in [2.05, 4.69) is 22.2 Å². The summed E-state index contributed by atoms with van der Waals surface area (Å²) in [6.07, 6.45) is 5.75. The molecule has 16 nitrogen and oxygen atoms in total. The van der Waals surface area contributed by atoms with Gasteiger partial charge in [0.05, 0.1) is 37.2 Å². The van der Waals surface area contributed by atoms with Gasteiger partial charge in [-0.1, -0.05) is 26.8 Å². The Morgan fingerprint density at radius 3 is 2.26 bits per heavy atom. The number of aromatic nitrogens is 4. The number of methoxy groups -OCH3 is 2. The van der Waals surface area contributed by atoms with Crippen LogP contribution in [-0.4, -0.2) is 103 Å². The van der Waals surface area contributed by atoms with Gasteiger partial charge in [0.1, 0.15) is 35.7 Å². The van der Waals surface area contributed by atoms with E-state index in [9.17, 15) is 24.3 Å². The molecule has 6 rings (SSSR count). The first-order valence-electron chi connectivity index (χ1n) is 18.5. The first-order chi connectivity index (χ1) is 26.9. The summed E-state index contributed by atoms with van der Waals surface area (Å²) in [4.78, 5) is 69.0. The summed E-state index contributed by atoms with van der Waals surface area (Å²) in [5.74, 6) is -1.91. The van der Waals surface area contributed by atoms with Gasteiger partial charge in [0.25, 0.3) is 0 Å². The van der Waals surface area contributed by atoms with E-state index < -0.39 is 64.4 Å². The van der Waals surface area contributed by atoms with Crippen LogP contribution in [0.3, 0.4) is 0 Å². The van der Waals surface area contributed by atoms with Crippen LogP contribution < -0.4 is 24.8 Å². The predicted molar refractivity (Wildman–Crippen MR) is 210 cm³/mol. The minimum atomic E-state index is -1.53. The third-order valence-electron chi connectivity index (χ3n) is 9.99. The number of anilines is 1. The van der Waals surface area contributed by atoms with Crippen molar-refractivity contribution < 1.29 is 43.2 Å². The Morgan fingerprint density at radius 2 is 1.70 bits per heavy atom. The van der Waals surface area contributed by atoms with Gasteiger partial charge in [0.15, 0.2) is 11.5 Å². The van der Waals surface area contributed by atoms with Crippen molar-refractivity contribution in [3.05, 3.63) is 73.3 Å². The number of nitrogens with zero attached hydrogens (tertiary/aromatic N) is 5. The van der Waals surface area contributed by atoms with Crippen LogP contribution >= 0.6 is 0 Å². The highest BCUT2D eigenvalue weighted by atomic mass is 16.6. The number of ether oxygens (including phenoxy) is 4. The second-order valence-corrected chi connectivity index (χ2v) is 16.3. The van der Waals surface area contributed by atoms with Crippen molar-refractivity contribution in [1.82, 2.24) is 29.7 Å². The topological polar surface area (TPSA) is 196 Å². The normalized spacial score (nSPS) is 21.0. The molecule has 2 aliphatic rings. The van der Waals surface area contributed by atoms with Gasteiger partial charge in [0, 0.05) is 36.5 Å². The summed E-state index contributed by atoms with van der Waals surface area (Å²) in [5.41, 5.74) is -1.50. The number of carboxylic acid groups (broad SMARTS) is 1. The lowest BCUT2D eigenvalue weighted by molar-refractivity contribution is -0.145. The fourth-order valence-electron chi connectivity index (χ4n) is 6.87. The molecule has 1 saturated carbocycles. The van der Waals surface area contributed by atoms with Gasteiger partial charge >= 0.3 is 11.9 Å². The molecule has 3 heterocycles. The number of rotatable bonds is 13. The largest absolute Gasteiger partial charge is 0.493 e. The summed E-state index contributed by atoms with van der Waals surface area (Å²) in [6.45, 7) is 14.7. The fourth-order valence-corrected chi connectivity index (χ4v) is 6.87. The third-order valence-corrected chi connectivity index (χ3v) is 9.99. The molecule has 57 heavy (non-hydrogen) atoms. The Balaban J connectivity index is 1.34. The zero-order chi connectivity index (χ0) is 41.4. The number of amides is 2. The highest BCUT2D eigenvalue weighted by molar-refractivity contribution is 5.96. The van der Waals surface area contributed by atoms with Crippen LogP contribution in [0, 0.1) is 11.3 Å². The van der Waals surface area contributed by atoms with Crippen LogP contribution in [0.2, 0.25) is 0 Å². The Hall–Kier alpha value is -6.19. The maximum absolute atomic E-state index is 14.8. The number of hydrogen-bond donors (Lipinski definition) is 3. The van der Waals surface area contributed by atoms with Gasteiger partial charge in [-0.15, -0.1) is 6.58 Å². The molecule has 0 radical (unpaired) electrons. The average Bonchev–Trinajstić information content (AvgIpc) is 3.44. The van der Waals surface area contributed by atoms with E-state index >= 15 is 0 Å². The molecule has 4 aromatic rings. The van der Waals surface area contributed by atoms with Crippen LogP contribution in [0.25, 0.3) is 16.9 Å². The molecule has 2 fully saturated rings. The maximum Gasteiger partial charge on any atom is 0.338 e. The quantitative estimate of drug-likeness (QED) is 0.124. The van der Waals surface area contributed by atoms with Crippen molar-refractivity contribution in [3.63, 3.8) is 0 Å². The van der Waals surface area contributed by atoms with Crippen LogP contribution in [0.15, 0.2) is 67.8 Å². The number of benzene rings is 2. The van der Waals surface area contributed by atoms with Gasteiger partial charge in [0.2, 0.25) is 23.6 Å². The summed E-state index contributed by atoms with van der Waals surface area (Å²) in [5, 5.41) is 16.7. The molecule has 2 aromatic heterocycles. The van der Waals surface area contributed by atoms with Gasteiger partial charge < -0.3 is 39.6 Å². The van der Waals surface area contributed by atoms with Crippen LogP contribution in [-0.2, 0) is 19.1 Å². The predicted octanol–water partition coefficient (Wildman–Crippen LogP) is 4.81. The lowest BCUT2D eigenvalue weighted by Crippen LogP contribution is -2.56. The van der Waals surface area contributed by atoms with Crippen molar-refractivity contribution in [3.8, 4) is 23.3 Å². The van der Waals surface area contributed by atoms with Gasteiger partial charge in [-0.25, -0.2) is 19.6 Å². The van der Waals surface area contributed by atoms with Gasteiger partial charge in [-0.05, 0) is 62.9 Å². The minimum Gasteiger partial charge on any atom is -0.493 e. The second-order valence-electron chi connectivity index (χ2n) is 16.3. The third kappa shape index (κ3) is 8.49. The number of likely N-dealkylation sites (tertiary alicyclic amines) is 1. The molecule has 1 aliphatic carbocycles. The molecule has 0 spiro atoms. The van der Waals surface area contributed by atoms with E-state index in [0.29, 0.717) is 33.7 Å². The van der Waals surface area contributed by atoms with Gasteiger partial charge in [-0.2, -0.15) is 4.98 Å². The highest BCUT2D eigenvalue weighted by Gasteiger charge is 2.61. The van der Waals surface area contributed by atoms with E-state index in [1.165, 1.54) is 25.2 Å². The van der Waals surface area contributed by atoms with E-state index in [1.54, 1.807) is 80.5 Å². The number of fused-ring (bicyclic) bond motifs is 1. The monoisotopic (exact) mass is 783 g/mol. The Bertz CT molecular complexity index is 2180. The van der Waals surface area contributed by atoms with E-state index in [1.807, 2.05) is 20.8 Å². The molecule has 1 aliphatic heterocycles. The van der Waals surface area contributed by atoms with E-state index in [0.717, 1.165) is 0 Å². The number of carbonyl (C=O) groups excluding carboxylic acids is 3. The molecule has 0 bridgehead atoms. The lowest BCUT2D eigenvalue weighted by Gasteiger charge is -2.36. The Kier molecular flexibility index (Phi) is 10.9. The number of carboxylic acids is 1. The summed E-state index contributed by atoms with van der Waals surface area (Å²) in [7, 11) is 3.02. The van der Waals surface area contributed by atoms with Crippen molar-refractivity contribution >= 4 is 40.3 Å². The van der Waals surface area contributed by atoms with Crippen molar-refractivity contribution in [2.45, 2.75) is 83.7 Å². The number of hydrogen-bond acceptors (Lipinski definition) is 12. The lowest BCUT2D eigenvalue weighted by atomic mass is 9.85. The fraction of sp³-hybridized carbons (Fsp3) is 0.439. The van der Waals surface area contributed by atoms with Crippen LogP contribution in [0.5, 0.6) is 17.4 Å². The number of nitrogens with one attached hydrogen (secondary N) is 2. The van der Waals surface area contributed by atoms with Crippen molar-refractivity contribution in [1.29, 1.82) is 0 Å². The zero-order valence-corrected chi connectivity index (χ0v) is 33.4. The van der Waals surface area contributed by atoms with Crippen molar-refractivity contribution in [2.24, 2.45) is 11.3 Å². The molecule has 2 aromatic carbocycles. The van der Waals surface area contributed by atoms with Gasteiger partial charge in [-0.3, -0.25) is 14.2 Å². The first-order valence-corrected chi connectivity index (χ1v) is 18.5. The summed E-state index contributed by atoms with van der Waals surface area (Å²) in [6, 6.07) is 8.00. The SMILES string of the molecule is C=C[C@H]1CC1(NC(=O)[C@@H]1C[C@@H](Oc2nc(-n3ccnc3)nc3cc(OC)c(OC)cc23)CN1C(=O)[C@@H](Nc1ccc(C(=O)OC(C)(C)C)cc1)C(C)(C)C)C(=O)O. The highest BCUT2D eigenvalue weighted by Crippen LogP contribution is 2.45. The van der Waals surface area contributed by atoms with E-state index in [4.69, 9.17) is 28.9 Å². The van der Waals surface area contributed by atoms with Crippen LogP contribution in [0.1, 0.15) is 64.7 Å². The first kappa shape index (κ1) is 40.5. The molecule has 1 saturated heterocycles. The zero-order valence-electron chi connectivity index (χ0n) is 33.4. The van der Waals surface area contributed by atoms with E-state index in [-0.39, 0.29) is 31.2 Å². The molecule has 1 unspecified atom stereocenters. The number of imidazole rings is 1. The van der Waals surface area contributed by atoms with Crippen LogP contribution in [0.4, 0.5) is 5.69 Å². The molecular formula is C41H49N7O9.